The van der Waals surface area contributed by atoms with Gasteiger partial charge in [-0.1, -0.05) is 6.58 Å². The van der Waals surface area contributed by atoms with Crippen molar-refractivity contribution in [3.63, 3.8) is 0 Å². The molecule has 1 saturated heterocycles. The van der Waals surface area contributed by atoms with Crippen molar-refractivity contribution in [2.45, 2.75) is 12.8 Å². The SMILES string of the molecule is C=CC(=O)N1CCC(C(=O)Nc2cc(F)c(F)c(F)c2F)CC1. The van der Waals surface area contributed by atoms with Gasteiger partial charge in [0.15, 0.2) is 23.3 Å². The topological polar surface area (TPSA) is 49.4 Å². The fourth-order valence-corrected chi connectivity index (χ4v) is 2.39. The van der Waals surface area contributed by atoms with E-state index in [0.717, 1.165) is 0 Å². The first-order valence-electron chi connectivity index (χ1n) is 6.90. The molecule has 0 aliphatic carbocycles. The van der Waals surface area contributed by atoms with E-state index in [1.165, 1.54) is 11.0 Å². The summed E-state index contributed by atoms with van der Waals surface area (Å²) in [7, 11) is 0. The first kappa shape index (κ1) is 17.0. The van der Waals surface area contributed by atoms with E-state index in [2.05, 4.69) is 11.9 Å². The Hall–Kier alpha value is -2.38. The highest BCUT2D eigenvalue weighted by atomic mass is 19.2. The summed E-state index contributed by atoms with van der Waals surface area (Å²) in [5.74, 6) is -8.59. The predicted octanol–water partition coefficient (Wildman–Crippen LogP) is 2.61. The molecule has 0 radical (unpaired) electrons. The summed E-state index contributed by atoms with van der Waals surface area (Å²) < 4.78 is 52.6. The highest BCUT2D eigenvalue weighted by molar-refractivity contribution is 5.93. The van der Waals surface area contributed by atoms with Crippen molar-refractivity contribution in [2.75, 3.05) is 18.4 Å². The average Bonchev–Trinajstić information content (AvgIpc) is 2.57. The van der Waals surface area contributed by atoms with Crippen molar-refractivity contribution in [2.24, 2.45) is 5.92 Å². The number of anilines is 1. The Labute approximate surface area is 129 Å². The Morgan fingerprint density at radius 3 is 2.30 bits per heavy atom. The van der Waals surface area contributed by atoms with Crippen LogP contribution in [0, 0.1) is 29.2 Å². The van der Waals surface area contributed by atoms with Gasteiger partial charge in [0.2, 0.25) is 11.8 Å². The minimum absolute atomic E-state index is 0.252. The maximum atomic E-state index is 13.5. The smallest absolute Gasteiger partial charge is 0.245 e. The summed E-state index contributed by atoms with van der Waals surface area (Å²) in [5, 5.41) is 2.06. The van der Waals surface area contributed by atoms with Crippen LogP contribution in [0.5, 0.6) is 0 Å². The van der Waals surface area contributed by atoms with Crippen molar-refractivity contribution in [3.8, 4) is 0 Å². The molecule has 1 fully saturated rings. The minimum atomic E-state index is -1.98. The van der Waals surface area contributed by atoms with Crippen molar-refractivity contribution >= 4 is 17.5 Å². The van der Waals surface area contributed by atoms with E-state index in [4.69, 9.17) is 0 Å². The zero-order chi connectivity index (χ0) is 17.1. The van der Waals surface area contributed by atoms with Gasteiger partial charge in [0, 0.05) is 25.1 Å². The molecular weight excluding hydrogens is 316 g/mol. The average molecular weight is 330 g/mol. The number of nitrogens with one attached hydrogen (secondary N) is 1. The highest BCUT2D eigenvalue weighted by Gasteiger charge is 2.28. The number of hydrogen-bond donors (Lipinski definition) is 1. The molecular formula is C15H14F4N2O2. The Kier molecular flexibility index (Phi) is 5.02. The molecule has 1 aromatic rings. The van der Waals surface area contributed by atoms with Gasteiger partial charge in [0.1, 0.15) is 0 Å². The lowest BCUT2D eigenvalue weighted by molar-refractivity contribution is -0.130. The van der Waals surface area contributed by atoms with Gasteiger partial charge in [0.05, 0.1) is 5.69 Å². The summed E-state index contributed by atoms with van der Waals surface area (Å²) in [6, 6.07) is 0.391. The van der Waals surface area contributed by atoms with Crippen LogP contribution in [-0.4, -0.2) is 29.8 Å². The van der Waals surface area contributed by atoms with E-state index in [1.807, 2.05) is 0 Å². The van der Waals surface area contributed by atoms with Crippen LogP contribution < -0.4 is 5.32 Å². The second-order valence-corrected chi connectivity index (χ2v) is 5.14. The number of benzene rings is 1. The zero-order valence-electron chi connectivity index (χ0n) is 12.0. The van der Waals surface area contributed by atoms with Crippen LogP contribution in [0.15, 0.2) is 18.7 Å². The maximum absolute atomic E-state index is 13.5. The number of carbonyl (C=O) groups is 2. The number of halogens is 4. The van der Waals surface area contributed by atoms with E-state index in [0.29, 0.717) is 32.0 Å². The quantitative estimate of drug-likeness (QED) is 0.401. The van der Waals surface area contributed by atoms with Gasteiger partial charge in [-0.3, -0.25) is 9.59 Å². The van der Waals surface area contributed by atoms with Crippen LogP contribution in [0.4, 0.5) is 23.2 Å². The Balaban J connectivity index is 2.04. The molecule has 8 heteroatoms. The summed E-state index contributed by atoms with van der Waals surface area (Å²) in [6.07, 6.45) is 1.80. The highest BCUT2D eigenvalue weighted by Crippen LogP contribution is 2.25. The number of amides is 2. The molecule has 2 amide bonds. The molecule has 124 valence electrons. The molecule has 0 bridgehead atoms. The third kappa shape index (κ3) is 3.52. The molecule has 1 heterocycles. The second kappa shape index (κ2) is 6.80. The lowest BCUT2D eigenvalue weighted by atomic mass is 9.95. The monoisotopic (exact) mass is 330 g/mol. The fourth-order valence-electron chi connectivity index (χ4n) is 2.39. The van der Waals surface area contributed by atoms with Gasteiger partial charge < -0.3 is 10.2 Å². The van der Waals surface area contributed by atoms with E-state index >= 15 is 0 Å². The molecule has 0 spiro atoms. The standard InChI is InChI=1S/C15H14F4N2O2/c1-2-11(22)21-5-3-8(4-6-21)15(23)20-10-7-9(16)12(17)14(19)13(10)18/h2,7-8H,1,3-6H2,(H,20,23). The van der Waals surface area contributed by atoms with Gasteiger partial charge in [-0.15, -0.1) is 0 Å². The van der Waals surface area contributed by atoms with Crippen LogP contribution in [0.25, 0.3) is 0 Å². The molecule has 1 aliphatic rings. The van der Waals surface area contributed by atoms with E-state index < -0.39 is 40.8 Å². The Bertz CT molecular complexity index is 655. The summed E-state index contributed by atoms with van der Waals surface area (Å²) >= 11 is 0. The van der Waals surface area contributed by atoms with E-state index in [1.54, 1.807) is 0 Å². The first-order chi connectivity index (χ1) is 10.8. The molecule has 4 nitrogen and oxygen atoms in total. The van der Waals surface area contributed by atoms with Gasteiger partial charge in [-0.2, -0.15) is 0 Å². The fraction of sp³-hybridized carbons (Fsp3) is 0.333. The van der Waals surface area contributed by atoms with Crippen LogP contribution in [0.1, 0.15) is 12.8 Å². The summed E-state index contributed by atoms with van der Waals surface area (Å²) in [6.45, 7) is 4.00. The lowest BCUT2D eigenvalue weighted by Gasteiger charge is -2.30. The summed E-state index contributed by atoms with van der Waals surface area (Å²) in [5.41, 5.74) is -0.754. The maximum Gasteiger partial charge on any atom is 0.245 e. The minimum Gasteiger partial charge on any atom is -0.339 e. The molecule has 2 rings (SSSR count). The largest absolute Gasteiger partial charge is 0.339 e. The van der Waals surface area contributed by atoms with Gasteiger partial charge >= 0.3 is 0 Å². The third-order valence-electron chi connectivity index (χ3n) is 3.71. The Morgan fingerprint density at radius 2 is 1.74 bits per heavy atom. The van der Waals surface area contributed by atoms with Crippen LogP contribution in [0.3, 0.4) is 0 Å². The van der Waals surface area contributed by atoms with Crippen LogP contribution >= 0.6 is 0 Å². The second-order valence-electron chi connectivity index (χ2n) is 5.14. The van der Waals surface area contributed by atoms with Crippen molar-refractivity contribution < 1.29 is 27.2 Å². The molecule has 0 unspecified atom stereocenters. The molecule has 23 heavy (non-hydrogen) atoms. The van der Waals surface area contributed by atoms with Crippen molar-refractivity contribution in [1.82, 2.24) is 4.90 Å². The third-order valence-corrected chi connectivity index (χ3v) is 3.71. The predicted molar refractivity (Wildman–Crippen MR) is 74.4 cm³/mol. The van der Waals surface area contributed by atoms with Gasteiger partial charge in [-0.05, 0) is 18.9 Å². The normalized spacial score (nSPS) is 15.4. The van der Waals surface area contributed by atoms with Crippen LogP contribution in [-0.2, 0) is 9.59 Å². The van der Waals surface area contributed by atoms with Crippen LogP contribution in [0.2, 0.25) is 0 Å². The lowest BCUT2D eigenvalue weighted by Crippen LogP contribution is -2.40. The number of piperidine rings is 1. The van der Waals surface area contributed by atoms with Gasteiger partial charge in [-0.25, -0.2) is 17.6 Å². The zero-order valence-corrected chi connectivity index (χ0v) is 12.0. The number of nitrogens with zero attached hydrogens (tertiary/aromatic N) is 1. The van der Waals surface area contributed by atoms with E-state index in [9.17, 15) is 27.2 Å². The molecule has 0 aromatic heterocycles. The number of likely N-dealkylation sites (tertiary alicyclic amines) is 1. The van der Waals surface area contributed by atoms with Crippen molar-refractivity contribution in [3.05, 3.63) is 42.0 Å². The molecule has 0 atom stereocenters. The number of rotatable bonds is 3. The molecule has 0 saturated carbocycles. The van der Waals surface area contributed by atoms with Crippen molar-refractivity contribution in [1.29, 1.82) is 0 Å². The molecule has 1 aromatic carbocycles. The number of hydrogen-bond acceptors (Lipinski definition) is 2. The number of carbonyl (C=O) groups excluding carboxylic acids is 2. The molecule has 1 aliphatic heterocycles. The summed E-state index contributed by atoms with van der Waals surface area (Å²) in [4.78, 5) is 25.0. The Morgan fingerprint density at radius 1 is 1.13 bits per heavy atom. The van der Waals surface area contributed by atoms with E-state index in [-0.39, 0.29) is 5.91 Å². The first-order valence-corrected chi connectivity index (χ1v) is 6.90. The molecule has 1 N–H and O–H groups in total. The van der Waals surface area contributed by atoms with Gasteiger partial charge in [0.25, 0.3) is 0 Å².